The van der Waals surface area contributed by atoms with Crippen molar-refractivity contribution in [2.75, 3.05) is 6.61 Å². The lowest BCUT2D eigenvalue weighted by molar-refractivity contribution is -0.151. The van der Waals surface area contributed by atoms with Gasteiger partial charge in [0.25, 0.3) is 0 Å². The molecule has 3 unspecified atom stereocenters. The van der Waals surface area contributed by atoms with E-state index in [1.54, 1.807) is 0 Å². The second-order valence-corrected chi connectivity index (χ2v) is 17.6. The largest absolute Gasteiger partial charge is 0.462 e. The van der Waals surface area contributed by atoms with Crippen molar-refractivity contribution in [3.05, 3.63) is 48.6 Å². The van der Waals surface area contributed by atoms with Crippen LogP contribution in [0.3, 0.4) is 0 Å². The van der Waals surface area contributed by atoms with Crippen molar-refractivity contribution < 1.29 is 24.5 Å². The number of allylic oxidation sites excluding steroid dienone is 8. The maximum absolute atomic E-state index is 13.2. The van der Waals surface area contributed by atoms with E-state index in [2.05, 4.69) is 74.7 Å². The quantitative estimate of drug-likeness (QED) is 0.0246. The molecule has 0 heterocycles. The fourth-order valence-corrected chi connectivity index (χ4v) is 7.78. The SMILES string of the molecule is CC/C=C/C=C/C=C/CCCCCCCCCC(=O)OC(CCC/C=C\CCCCCCCC)CC(=O)NC(CO)C(O)CCCCCCCCCCCCCCCCC. The summed E-state index contributed by atoms with van der Waals surface area (Å²) < 4.78 is 5.90. The van der Waals surface area contributed by atoms with Crippen molar-refractivity contribution in [2.45, 2.75) is 277 Å². The second kappa shape index (κ2) is 47.9. The summed E-state index contributed by atoms with van der Waals surface area (Å²) in [4.78, 5) is 26.1. The zero-order valence-electron chi connectivity index (χ0n) is 39.8. The number of aliphatic hydroxyl groups is 2. The molecule has 60 heavy (non-hydrogen) atoms. The average Bonchev–Trinajstić information content (AvgIpc) is 3.24. The van der Waals surface area contributed by atoms with Gasteiger partial charge in [0.05, 0.1) is 25.2 Å². The molecule has 0 spiro atoms. The fraction of sp³-hybridized carbons (Fsp3) is 0.815. The first-order chi connectivity index (χ1) is 29.5. The van der Waals surface area contributed by atoms with Crippen molar-refractivity contribution in [3.8, 4) is 0 Å². The van der Waals surface area contributed by atoms with E-state index in [1.165, 1.54) is 141 Å². The van der Waals surface area contributed by atoms with Crippen LogP contribution < -0.4 is 5.32 Å². The highest BCUT2D eigenvalue weighted by Crippen LogP contribution is 2.17. The number of esters is 1. The Hall–Kier alpha value is -2.18. The van der Waals surface area contributed by atoms with E-state index < -0.39 is 18.2 Å². The number of hydrogen-bond donors (Lipinski definition) is 3. The number of rotatable bonds is 46. The van der Waals surface area contributed by atoms with Crippen molar-refractivity contribution in [1.29, 1.82) is 0 Å². The van der Waals surface area contributed by atoms with Crippen molar-refractivity contribution in [3.63, 3.8) is 0 Å². The molecule has 6 heteroatoms. The van der Waals surface area contributed by atoms with Crippen LogP contribution in [0, 0.1) is 0 Å². The molecule has 0 aliphatic rings. The van der Waals surface area contributed by atoms with Gasteiger partial charge < -0.3 is 20.3 Å². The van der Waals surface area contributed by atoms with Gasteiger partial charge in [0, 0.05) is 6.42 Å². The number of carbonyl (C=O) groups excluding carboxylic acids is 2. The predicted octanol–water partition coefficient (Wildman–Crippen LogP) is 15.5. The molecule has 0 aromatic heterocycles. The molecule has 0 aromatic carbocycles. The number of aliphatic hydroxyl groups excluding tert-OH is 2. The summed E-state index contributed by atoms with van der Waals surface area (Å²) in [5, 5.41) is 23.8. The van der Waals surface area contributed by atoms with Crippen LogP contribution in [-0.2, 0) is 14.3 Å². The van der Waals surface area contributed by atoms with E-state index in [1.807, 2.05) is 0 Å². The summed E-state index contributed by atoms with van der Waals surface area (Å²) in [5.41, 5.74) is 0. The molecular formula is C54H99NO5. The summed E-state index contributed by atoms with van der Waals surface area (Å²) >= 11 is 0. The maximum atomic E-state index is 13.2. The minimum atomic E-state index is -0.795. The van der Waals surface area contributed by atoms with Gasteiger partial charge in [-0.05, 0) is 64.2 Å². The Morgan fingerprint density at radius 2 is 0.933 bits per heavy atom. The molecule has 3 atom stereocenters. The van der Waals surface area contributed by atoms with Crippen LogP contribution in [0.5, 0.6) is 0 Å². The lowest BCUT2D eigenvalue weighted by atomic mass is 10.0. The standard InChI is InChI=1S/C54H99NO5/c1-4-7-10-13-16-19-22-24-26-28-31-34-37-40-43-46-52(57)51(49-56)55-53(58)48-50(45-42-39-36-33-30-21-18-15-12-9-6-3)60-54(59)47-44-41-38-35-32-29-27-25-23-20-17-14-11-8-5-2/h8,11,14,17,20,23,33,36,50-52,56-57H,4-7,9-10,12-13,15-16,18-19,21-22,24-32,34-35,37-49H2,1-3H3,(H,55,58)/b11-8+,17-14+,23-20+,36-33-. The first kappa shape index (κ1) is 57.8. The molecule has 0 aliphatic heterocycles. The predicted molar refractivity (Wildman–Crippen MR) is 259 cm³/mol. The maximum Gasteiger partial charge on any atom is 0.306 e. The second-order valence-electron chi connectivity index (χ2n) is 17.6. The first-order valence-electron chi connectivity index (χ1n) is 25.9. The highest BCUT2D eigenvalue weighted by Gasteiger charge is 2.24. The number of nitrogens with one attached hydrogen (secondary N) is 1. The third-order valence-electron chi connectivity index (χ3n) is 11.7. The van der Waals surface area contributed by atoms with Gasteiger partial charge in [-0.3, -0.25) is 9.59 Å². The van der Waals surface area contributed by atoms with Gasteiger partial charge in [-0.25, -0.2) is 0 Å². The highest BCUT2D eigenvalue weighted by molar-refractivity contribution is 5.77. The number of amides is 1. The van der Waals surface area contributed by atoms with Crippen LogP contribution in [0.15, 0.2) is 48.6 Å². The van der Waals surface area contributed by atoms with Gasteiger partial charge in [-0.15, -0.1) is 0 Å². The average molecular weight is 842 g/mol. The topological polar surface area (TPSA) is 95.9 Å². The van der Waals surface area contributed by atoms with E-state index >= 15 is 0 Å². The molecule has 1 amide bonds. The molecule has 0 aliphatic carbocycles. The number of unbranched alkanes of at least 4 members (excludes halogenated alkanes) is 28. The van der Waals surface area contributed by atoms with Crippen LogP contribution in [-0.4, -0.2) is 46.9 Å². The van der Waals surface area contributed by atoms with Gasteiger partial charge in [-0.2, -0.15) is 0 Å². The summed E-state index contributed by atoms with van der Waals surface area (Å²) in [6.45, 7) is 6.34. The smallest absolute Gasteiger partial charge is 0.306 e. The van der Waals surface area contributed by atoms with Crippen LogP contribution in [0.1, 0.15) is 258 Å². The minimum Gasteiger partial charge on any atom is -0.462 e. The lowest BCUT2D eigenvalue weighted by Gasteiger charge is -2.24. The lowest BCUT2D eigenvalue weighted by Crippen LogP contribution is -2.46. The Balaban J connectivity index is 4.54. The summed E-state index contributed by atoms with van der Waals surface area (Å²) in [6.07, 6.45) is 57.5. The summed E-state index contributed by atoms with van der Waals surface area (Å²) in [7, 11) is 0. The highest BCUT2D eigenvalue weighted by atomic mass is 16.5. The molecule has 350 valence electrons. The zero-order chi connectivity index (χ0) is 43.8. The Labute approximate surface area is 372 Å². The van der Waals surface area contributed by atoms with E-state index in [0.717, 1.165) is 70.6 Å². The molecule has 0 radical (unpaired) electrons. The van der Waals surface area contributed by atoms with Crippen molar-refractivity contribution >= 4 is 11.9 Å². The number of hydrogen-bond acceptors (Lipinski definition) is 5. The Kier molecular flexibility index (Phi) is 46.1. The molecule has 0 saturated heterocycles. The molecule has 3 N–H and O–H groups in total. The van der Waals surface area contributed by atoms with Gasteiger partial charge in [0.2, 0.25) is 5.91 Å². The van der Waals surface area contributed by atoms with E-state index in [0.29, 0.717) is 19.3 Å². The molecule has 0 saturated carbocycles. The third kappa shape index (κ3) is 42.5. The normalized spacial score (nSPS) is 13.6. The van der Waals surface area contributed by atoms with E-state index in [4.69, 9.17) is 4.74 Å². The monoisotopic (exact) mass is 842 g/mol. The number of ether oxygens (including phenoxy) is 1. The third-order valence-corrected chi connectivity index (χ3v) is 11.7. The molecule has 0 rings (SSSR count). The van der Waals surface area contributed by atoms with Gasteiger partial charge in [0.1, 0.15) is 6.10 Å². The van der Waals surface area contributed by atoms with Gasteiger partial charge >= 0.3 is 5.97 Å². The molecular weight excluding hydrogens is 743 g/mol. The Morgan fingerprint density at radius 1 is 0.500 bits per heavy atom. The van der Waals surface area contributed by atoms with Crippen LogP contribution in [0.25, 0.3) is 0 Å². The van der Waals surface area contributed by atoms with E-state index in [9.17, 15) is 19.8 Å². The van der Waals surface area contributed by atoms with Gasteiger partial charge in [-0.1, -0.05) is 230 Å². The molecule has 0 bridgehead atoms. The summed E-state index contributed by atoms with van der Waals surface area (Å²) in [5.74, 6) is -0.513. The Morgan fingerprint density at radius 3 is 1.43 bits per heavy atom. The van der Waals surface area contributed by atoms with Crippen LogP contribution >= 0.6 is 0 Å². The first-order valence-corrected chi connectivity index (χ1v) is 25.9. The Bertz CT molecular complexity index is 1040. The zero-order valence-corrected chi connectivity index (χ0v) is 39.8. The molecule has 6 nitrogen and oxygen atoms in total. The van der Waals surface area contributed by atoms with Crippen LogP contribution in [0.2, 0.25) is 0 Å². The summed E-state index contributed by atoms with van der Waals surface area (Å²) in [6, 6.07) is -0.711. The van der Waals surface area contributed by atoms with Crippen molar-refractivity contribution in [1.82, 2.24) is 5.32 Å². The molecule has 0 fully saturated rings. The minimum absolute atomic E-state index is 0.0524. The fourth-order valence-electron chi connectivity index (χ4n) is 7.78. The van der Waals surface area contributed by atoms with Crippen molar-refractivity contribution in [2.24, 2.45) is 0 Å². The number of carbonyl (C=O) groups is 2. The van der Waals surface area contributed by atoms with Crippen LogP contribution in [0.4, 0.5) is 0 Å². The molecule has 0 aromatic rings. The van der Waals surface area contributed by atoms with Gasteiger partial charge in [0.15, 0.2) is 0 Å². The van der Waals surface area contributed by atoms with E-state index in [-0.39, 0.29) is 24.9 Å².